The summed E-state index contributed by atoms with van der Waals surface area (Å²) >= 11 is 0. The van der Waals surface area contributed by atoms with Crippen molar-refractivity contribution in [3.8, 4) is 17.4 Å². The summed E-state index contributed by atoms with van der Waals surface area (Å²) in [7, 11) is 0. The van der Waals surface area contributed by atoms with Crippen molar-refractivity contribution in [1.29, 1.82) is 0 Å². The molecule has 0 unspecified atom stereocenters. The summed E-state index contributed by atoms with van der Waals surface area (Å²) in [6.45, 7) is 15.2. The first-order chi connectivity index (χ1) is 18.4. The second-order valence-electron chi connectivity index (χ2n) is 12.6. The normalized spacial score (nSPS) is 22.0. The summed E-state index contributed by atoms with van der Waals surface area (Å²) in [6.07, 6.45) is 0.813. The molecule has 1 aromatic heterocycles. The maximum Gasteiger partial charge on any atom is 0.219 e. The van der Waals surface area contributed by atoms with E-state index >= 15 is 0 Å². The van der Waals surface area contributed by atoms with Crippen molar-refractivity contribution in [1.82, 2.24) is 4.98 Å². The van der Waals surface area contributed by atoms with E-state index in [0.717, 1.165) is 28.5 Å². The first-order valence-corrected chi connectivity index (χ1v) is 13.7. The van der Waals surface area contributed by atoms with Gasteiger partial charge in [-0.1, -0.05) is 58.9 Å². The maximum absolute atomic E-state index is 10.5. The lowest BCUT2D eigenvalue weighted by atomic mass is 9.66. The predicted octanol–water partition coefficient (Wildman–Crippen LogP) is 8.20. The molecule has 0 saturated heterocycles. The van der Waals surface area contributed by atoms with E-state index in [0.29, 0.717) is 23.0 Å². The van der Waals surface area contributed by atoms with E-state index in [2.05, 4.69) is 76.9 Å². The highest BCUT2D eigenvalue weighted by molar-refractivity contribution is 5.97. The predicted molar refractivity (Wildman–Crippen MR) is 156 cm³/mol. The molecular formula is C34H36N2O3. The molecule has 1 aliphatic carbocycles. The maximum atomic E-state index is 10.5. The Morgan fingerprint density at radius 1 is 1.00 bits per heavy atom. The number of pyridine rings is 1. The number of phenolic OH excluding ortho intramolecular Hbond substituents is 1. The van der Waals surface area contributed by atoms with E-state index in [1.165, 1.54) is 11.1 Å². The van der Waals surface area contributed by atoms with Crippen LogP contribution in [-0.2, 0) is 16.7 Å². The molecule has 0 spiro atoms. The highest BCUT2D eigenvalue weighted by Crippen LogP contribution is 2.60. The van der Waals surface area contributed by atoms with E-state index in [4.69, 9.17) is 14.5 Å². The molecule has 1 aliphatic heterocycles. The zero-order chi connectivity index (χ0) is 27.7. The van der Waals surface area contributed by atoms with Crippen LogP contribution in [0.25, 0.3) is 10.9 Å². The van der Waals surface area contributed by atoms with Crippen LogP contribution in [-0.4, -0.2) is 21.6 Å². The third-order valence-corrected chi connectivity index (χ3v) is 8.53. The van der Waals surface area contributed by atoms with Crippen LogP contribution in [0.3, 0.4) is 0 Å². The van der Waals surface area contributed by atoms with Crippen LogP contribution in [0.15, 0.2) is 71.7 Å². The van der Waals surface area contributed by atoms with Gasteiger partial charge >= 0.3 is 0 Å². The zero-order valence-corrected chi connectivity index (χ0v) is 23.8. The van der Waals surface area contributed by atoms with Crippen LogP contribution in [0.5, 0.6) is 17.4 Å². The summed E-state index contributed by atoms with van der Waals surface area (Å²) in [6, 6.07) is 22.3. The Morgan fingerprint density at radius 3 is 2.51 bits per heavy atom. The molecule has 2 atom stereocenters. The number of hydrogen-bond donors (Lipinski definition) is 1. The number of fused-ring (bicyclic) bond motifs is 4. The van der Waals surface area contributed by atoms with Gasteiger partial charge in [0.15, 0.2) is 0 Å². The van der Waals surface area contributed by atoms with Crippen LogP contribution in [0, 0.1) is 12.3 Å². The van der Waals surface area contributed by atoms with Crippen LogP contribution in [0.4, 0.5) is 0 Å². The van der Waals surface area contributed by atoms with Crippen molar-refractivity contribution < 1.29 is 14.6 Å². The summed E-state index contributed by atoms with van der Waals surface area (Å²) < 4.78 is 13.3. The van der Waals surface area contributed by atoms with E-state index in [-0.39, 0.29) is 17.1 Å². The molecule has 6 rings (SSSR count). The minimum atomic E-state index is -0.498. The third kappa shape index (κ3) is 3.90. The quantitative estimate of drug-likeness (QED) is 0.295. The fraction of sp³-hybridized carbons (Fsp3) is 0.353. The molecule has 4 aromatic rings. The smallest absolute Gasteiger partial charge is 0.219 e. The second kappa shape index (κ2) is 8.57. The van der Waals surface area contributed by atoms with Gasteiger partial charge in [-0.05, 0) is 78.4 Å². The summed E-state index contributed by atoms with van der Waals surface area (Å²) in [4.78, 5) is 9.94. The number of rotatable bonds is 4. The standard InChI is InChI=1S/C34H36N2O3/c1-20(2)24-16-25(18-26(17-24)38-29-13-12-22-14-21(3)15-28(37)30(22)35-29)31-36-33(7)27-11-9-8-10-23(27)19-34(33,39-31)32(4,5)6/h8-18,20,37H,19H2,1-7H3/t33-,34+/m0/s1. The molecule has 0 fully saturated rings. The molecule has 1 N–H and O–H groups in total. The molecule has 0 radical (unpaired) electrons. The number of nitrogens with zero attached hydrogens (tertiary/aromatic N) is 2. The van der Waals surface area contributed by atoms with Gasteiger partial charge in [0.1, 0.15) is 28.2 Å². The van der Waals surface area contributed by atoms with Crippen LogP contribution >= 0.6 is 0 Å². The Hall–Kier alpha value is -3.86. The molecule has 5 heteroatoms. The Bertz CT molecular complexity index is 1650. The lowest BCUT2D eigenvalue weighted by Gasteiger charge is -2.45. The molecular weight excluding hydrogens is 484 g/mol. The average molecular weight is 521 g/mol. The van der Waals surface area contributed by atoms with Gasteiger partial charge in [-0.25, -0.2) is 9.98 Å². The number of ether oxygens (including phenoxy) is 2. The van der Waals surface area contributed by atoms with Crippen molar-refractivity contribution in [3.63, 3.8) is 0 Å². The van der Waals surface area contributed by atoms with Gasteiger partial charge in [0.05, 0.1) is 0 Å². The molecule has 3 aromatic carbocycles. The van der Waals surface area contributed by atoms with Gasteiger partial charge in [-0.15, -0.1) is 0 Å². The van der Waals surface area contributed by atoms with E-state index < -0.39 is 11.1 Å². The largest absolute Gasteiger partial charge is 0.506 e. The molecule has 0 bridgehead atoms. The number of aromatic nitrogens is 1. The van der Waals surface area contributed by atoms with Crippen molar-refractivity contribution in [3.05, 3.63) is 94.5 Å². The van der Waals surface area contributed by atoms with Gasteiger partial charge in [-0.3, -0.25) is 0 Å². The van der Waals surface area contributed by atoms with E-state index in [1.807, 2.05) is 37.3 Å². The summed E-state index contributed by atoms with van der Waals surface area (Å²) in [5, 5.41) is 11.3. The molecule has 39 heavy (non-hydrogen) atoms. The van der Waals surface area contributed by atoms with Gasteiger partial charge in [0.2, 0.25) is 11.8 Å². The molecule has 5 nitrogen and oxygen atoms in total. The first kappa shape index (κ1) is 25.4. The number of phenols is 1. The zero-order valence-electron chi connectivity index (χ0n) is 23.8. The Morgan fingerprint density at radius 2 is 1.77 bits per heavy atom. The van der Waals surface area contributed by atoms with Crippen molar-refractivity contribution in [2.45, 2.75) is 71.9 Å². The van der Waals surface area contributed by atoms with Crippen LogP contribution < -0.4 is 4.74 Å². The lowest BCUT2D eigenvalue weighted by molar-refractivity contribution is -0.0673. The molecule has 200 valence electrons. The molecule has 0 amide bonds. The van der Waals surface area contributed by atoms with E-state index in [1.54, 1.807) is 6.07 Å². The SMILES string of the molecule is Cc1cc(O)c2nc(Oc3cc(C4=N[C@@]5(C)c6ccccc6C[C@]5(C(C)(C)C)O4)cc(C(C)C)c3)ccc2c1. The topological polar surface area (TPSA) is 63.9 Å². The minimum Gasteiger partial charge on any atom is -0.506 e. The average Bonchev–Trinajstić information content (AvgIpc) is 3.31. The highest BCUT2D eigenvalue weighted by atomic mass is 16.5. The van der Waals surface area contributed by atoms with Crippen molar-refractivity contribution in [2.24, 2.45) is 10.4 Å². The number of aliphatic imine (C=N–C) groups is 1. The Labute approximate surface area is 230 Å². The Kier molecular flexibility index (Phi) is 5.59. The minimum absolute atomic E-state index is 0.147. The van der Waals surface area contributed by atoms with Crippen LogP contribution in [0.2, 0.25) is 0 Å². The fourth-order valence-corrected chi connectivity index (χ4v) is 6.42. The van der Waals surface area contributed by atoms with Gasteiger partial charge < -0.3 is 14.6 Å². The number of benzene rings is 3. The van der Waals surface area contributed by atoms with Gasteiger partial charge in [0.25, 0.3) is 0 Å². The van der Waals surface area contributed by atoms with Crippen LogP contribution in [0.1, 0.15) is 75.3 Å². The van der Waals surface area contributed by atoms with Crippen molar-refractivity contribution in [2.75, 3.05) is 0 Å². The molecule has 0 saturated carbocycles. The summed E-state index contributed by atoms with van der Waals surface area (Å²) in [5.74, 6) is 2.15. The number of aromatic hydroxyl groups is 1. The third-order valence-electron chi connectivity index (χ3n) is 8.53. The lowest BCUT2D eigenvalue weighted by Crippen LogP contribution is -2.54. The Balaban J connectivity index is 1.43. The molecule has 2 heterocycles. The van der Waals surface area contributed by atoms with Gasteiger partial charge in [-0.2, -0.15) is 0 Å². The number of hydrogen-bond acceptors (Lipinski definition) is 5. The van der Waals surface area contributed by atoms with E-state index in [9.17, 15) is 5.11 Å². The van der Waals surface area contributed by atoms with Crippen molar-refractivity contribution >= 4 is 16.8 Å². The fourth-order valence-electron chi connectivity index (χ4n) is 6.42. The number of aryl methyl sites for hydroxylation is 1. The first-order valence-electron chi connectivity index (χ1n) is 13.7. The monoisotopic (exact) mass is 520 g/mol. The van der Waals surface area contributed by atoms with Gasteiger partial charge in [0, 0.05) is 28.9 Å². The summed E-state index contributed by atoms with van der Waals surface area (Å²) in [5.41, 5.74) is 4.92. The second-order valence-corrected chi connectivity index (χ2v) is 12.6. The molecule has 2 aliphatic rings. The highest BCUT2D eigenvalue weighted by Gasteiger charge is 2.66.